The third-order valence-corrected chi connectivity index (χ3v) is 2.73. The molecule has 11 heavy (non-hydrogen) atoms. The monoisotopic (exact) mass is 202 g/mol. The zero-order valence-electron chi connectivity index (χ0n) is 6.10. The van der Waals surface area contributed by atoms with Crippen LogP contribution in [0.25, 0.3) is 0 Å². The lowest BCUT2D eigenvalue weighted by Gasteiger charge is -2.69. The van der Waals surface area contributed by atoms with Crippen molar-refractivity contribution in [3.05, 3.63) is 0 Å². The van der Waals surface area contributed by atoms with Gasteiger partial charge in [0.1, 0.15) is 0 Å². The second-order valence-electron chi connectivity index (χ2n) is 3.59. The highest BCUT2D eigenvalue weighted by molar-refractivity contribution is 5.85. The first-order valence-corrected chi connectivity index (χ1v) is 3.28. The van der Waals surface area contributed by atoms with E-state index < -0.39 is 0 Å². The number of halogens is 3. The maximum atomic E-state index is 12.1. The zero-order chi connectivity index (χ0) is 6.54. The van der Waals surface area contributed by atoms with E-state index in [0.29, 0.717) is 0 Å². The molecule has 5 heteroatoms. The summed E-state index contributed by atoms with van der Waals surface area (Å²) in [7, 11) is 0. The highest BCUT2D eigenvalue weighted by atomic mass is 35.5. The molecule has 0 heterocycles. The second kappa shape index (κ2) is 3.05. The van der Waals surface area contributed by atoms with E-state index in [1.165, 1.54) is 0 Å². The molecule has 0 radical (unpaired) electrons. The summed E-state index contributed by atoms with van der Waals surface area (Å²) in [5.41, 5.74) is 2.96. The van der Waals surface area contributed by atoms with Gasteiger partial charge in [0.2, 0.25) is 0 Å². The normalized spacial score (nSPS) is 44.2. The van der Waals surface area contributed by atoms with Gasteiger partial charge >= 0.3 is 0 Å². The number of nitrogens with two attached hydrogens (primary N) is 1. The fraction of sp³-hybridized carbons (Fsp3) is 1.00. The molecule has 0 amide bonds. The van der Waals surface area contributed by atoms with E-state index in [1.807, 2.05) is 0 Å². The van der Waals surface area contributed by atoms with Gasteiger partial charge in [0.15, 0.2) is 0 Å². The van der Waals surface area contributed by atoms with E-state index in [-0.39, 0.29) is 42.4 Å². The Bertz CT molecular complexity index is 120. The average molecular weight is 203 g/mol. The quantitative estimate of drug-likeness (QED) is 0.522. The van der Waals surface area contributed by atoms with Crippen LogP contribution in [0.15, 0.2) is 0 Å². The molecule has 2 nitrogen and oxygen atoms in total. The lowest BCUT2D eigenvalue weighted by Crippen LogP contribution is -2.76. The van der Waals surface area contributed by atoms with Gasteiger partial charge in [-0.3, -0.25) is 15.7 Å². The molecule has 3 fully saturated rings. The van der Waals surface area contributed by atoms with E-state index in [4.69, 9.17) is 5.84 Å². The highest BCUT2D eigenvalue weighted by Gasteiger charge is 2.67. The molecule has 3 N–H and O–H groups in total. The SMILES string of the molecule is Cl.Cl.NNC12CC(CF)(C1)C2. The van der Waals surface area contributed by atoms with Crippen LogP contribution in [0, 0.1) is 5.41 Å². The van der Waals surface area contributed by atoms with E-state index in [2.05, 4.69) is 5.43 Å². The molecular formula is C6H13Cl2FN2. The van der Waals surface area contributed by atoms with Crippen LogP contribution in [0.4, 0.5) is 4.39 Å². The lowest BCUT2D eigenvalue weighted by atomic mass is 9.40. The summed E-state index contributed by atoms with van der Waals surface area (Å²) in [6.07, 6.45) is 2.85. The molecule has 0 atom stereocenters. The van der Waals surface area contributed by atoms with Crippen LogP contribution in [0.5, 0.6) is 0 Å². The Hall–Kier alpha value is 0.430. The summed E-state index contributed by atoms with van der Waals surface area (Å²) < 4.78 is 12.1. The summed E-state index contributed by atoms with van der Waals surface area (Å²) in [5, 5.41) is 0. The van der Waals surface area contributed by atoms with Crippen LogP contribution in [0.3, 0.4) is 0 Å². The van der Waals surface area contributed by atoms with Gasteiger partial charge in [-0.2, -0.15) is 0 Å². The molecule has 0 unspecified atom stereocenters. The van der Waals surface area contributed by atoms with E-state index in [9.17, 15) is 4.39 Å². The minimum Gasteiger partial charge on any atom is -0.271 e. The second-order valence-corrected chi connectivity index (χ2v) is 3.59. The van der Waals surface area contributed by atoms with Gasteiger partial charge in [-0.25, -0.2) is 0 Å². The summed E-state index contributed by atoms with van der Waals surface area (Å²) in [6, 6.07) is 0. The molecule has 68 valence electrons. The predicted octanol–water partition coefficient (Wildman–Crippen LogP) is 1.19. The van der Waals surface area contributed by atoms with Gasteiger partial charge in [0.05, 0.1) is 6.67 Å². The topological polar surface area (TPSA) is 38.0 Å². The largest absolute Gasteiger partial charge is 0.271 e. The lowest BCUT2D eigenvalue weighted by molar-refractivity contribution is -0.165. The van der Waals surface area contributed by atoms with Crippen LogP contribution in [0.1, 0.15) is 19.3 Å². The van der Waals surface area contributed by atoms with Crippen LogP contribution >= 0.6 is 24.8 Å². The first-order chi connectivity index (χ1) is 4.24. The number of hydrogen-bond acceptors (Lipinski definition) is 2. The van der Waals surface area contributed by atoms with Gasteiger partial charge in [-0.1, -0.05) is 0 Å². The van der Waals surface area contributed by atoms with Gasteiger partial charge in [0, 0.05) is 11.0 Å². The Kier molecular flexibility index (Phi) is 3.17. The van der Waals surface area contributed by atoms with E-state index >= 15 is 0 Å². The number of hydrogen-bond donors (Lipinski definition) is 2. The molecule has 0 saturated heterocycles. The molecule has 3 aliphatic rings. The third kappa shape index (κ3) is 1.24. The van der Waals surface area contributed by atoms with Crippen molar-refractivity contribution < 1.29 is 4.39 Å². The molecule has 0 aliphatic heterocycles. The predicted molar refractivity (Wildman–Crippen MR) is 46.8 cm³/mol. The van der Waals surface area contributed by atoms with Crippen LogP contribution in [0.2, 0.25) is 0 Å². The zero-order valence-corrected chi connectivity index (χ0v) is 7.73. The fourth-order valence-corrected chi connectivity index (χ4v) is 2.29. The molecule has 0 spiro atoms. The Morgan fingerprint density at radius 1 is 1.27 bits per heavy atom. The molecule has 2 bridgehead atoms. The Morgan fingerprint density at radius 3 is 2.00 bits per heavy atom. The van der Waals surface area contributed by atoms with Crippen molar-refractivity contribution in [3.8, 4) is 0 Å². The van der Waals surface area contributed by atoms with Crippen molar-refractivity contribution >= 4 is 24.8 Å². The van der Waals surface area contributed by atoms with Gasteiger partial charge in [0.25, 0.3) is 0 Å². The molecule has 3 saturated carbocycles. The molecule has 0 aromatic heterocycles. The van der Waals surface area contributed by atoms with Crippen molar-refractivity contribution in [2.24, 2.45) is 11.3 Å². The molecular weight excluding hydrogens is 190 g/mol. The van der Waals surface area contributed by atoms with Crippen molar-refractivity contribution in [3.63, 3.8) is 0 Å². The smallest absolute Gasteiger partial charge is 0.0952 e. The van der Waals surface area contributed by atoms with Gasteiger partial charge < -0.3 is 0 Å². The Labute approximate surface area is 77.9 Å². The van der Waals surface area contributed by atoms with Gasteiger partial charge in [-0.05, 0) is 19.3 Å². The Balaban J connectivity index is 0.000000500. The fourth-order valence-electron chi connectivity index (χ4n) is 2.29. The standard InChI is InChI=1S/C6H11FN2.2ClH/c7-4-5-1-6(2-5,3-5)9-8;;/h9H,1-4,8H2;2*1H. The van der Waals surface area contributed by atoms with Crippen LogP contribution < -0.4 is 11.3 Å². The van der Waals surface area contributed by atoms with Crippen molar-refractivity contribution in [1.82, 2.24) is 5.43 Å². The number of rotatable bonds is 2. The van der Waals surface area contributed by atoms with Crippen LogP contribution in [-0.2, 0) is 0 Å². The highest BCUT2D eigenvalue weighted by Crippen LogP contribution is 2.66. The molecule has 3 aliphatic carbocycles. The maximum Gasteiger partial charge on any atom is 0.0952 e. The number of nitrogens with one attached hydrogen (secondary N) is 1. The van der Waals surface area contributed by atoms with Crippen molar-refractivity contribution in [2.75, 3.05) is 6.67 Å². The van der Waals surface area contributed by atoms with Crippen LogP contribution in [-0.4, -0.2) is 12.2 Å². The molecule has 0 aromatic rings. The minimum absolute atomic E-state index is 0. The summed E-state index contributed by atoms with van der Waals surface area (Å²) in [4.78, 5) is 0. The average Bonchev–Trinajstić information content (AvgIpc) is 1.62. The Morgan fingerprint density at radius 2 is 1.73 bits per heavy atom. The first-order valence-electron chi connectivity index (χ1n) is 3.28. The first kappa shape index (κ1) is 11.4. The maximum absolute atomic E-state index is 12.1. The van der Waals surface area contributed by atoms with Gasteiger partial charge in [-0.15, -0.1) is 24.8 Å². The van der Waals surface area contributed by atoms with Crippen molar-refractivity contribution in [2.45, 2.75) is 24.8 Å². The van der Waals surface area contributed by atoms with Crippen molar-refractivity contribution in [1.29, 1.82) is 0 Å². The minimum atomic E-state index is -0.156. The van der Waals surface area contributed by atoms with E-state index in [1.54, 1.807) is 0 Å². The summed E-state index contributed by atoms with van der Waals surface area (Å²) in [5.74, 6) is 5.25. The summed E-state index contributed by atoms with van der Waals surface area (Å²) in [6.45, 7) is -0.156. The molecule has 0 aromatic carbocycles. The number of hydrazine groups is 1. The summed E-state index contributed by atoms with van der Waals surface area (Å²) >= 11 is 0. The molecule has 3 rings (SSSR count). The third-order valence-electron chi connectivity index (χ3n) is 2.73. The van der Waals surface area contributed by atoms with E-state index in [0.717, 1.165) is 19.3 Å². The number of alkyl halides is 1.